The second-order valence-electron chi connectivity index (χ2n) is 3.28. The van der Waals surface area contributed by atoms with E-state index in [4.69, 9.17) is 4.74 Å². The maximum absolute atomic E-state index is 9.21. The molecule has 74 valence electrons. The summed E-state index contributed by atoms with van der Waals surface area (Å²) in [6.45, 7) is 6.46. The summed E-state index contributed by atoms with van der Waals surface area (Å²) in [5.74, 6) is 0.513. The Morgan fingerprint density at radius 1 is 1.42 bits per heavy atom. The fraction of sp³-hybridized carbons (Fsp3) is 1.00. The van der Waals surface area contributed by atoms with Gasteiger partial charge in [0.1, 0.15) is 0 Å². The van der Waals surface area contributed by atoms with E-state index in [1.54, 1.807) is 7.11 Å². The third-order valence-electron chi connectivity index (χ3n) is 1.80. The van der Waals surface area contributed by atoms with Crippen LogP contribution in [0.25, 0.3) is 0 Å². The molecule has 0 radical (unpaired) electrons. The average Bonchev–Trinajstić information content (AvgIpc) is 2.04. The molecule has 0 aromatic heterocycles. The van der Waals surface area contributed by atoms with Crippen LogP contribution in [0.4, 0.5) is 0 Å². The minimum atomic E-state index is -0.209. The fourth-order valence-electron chi connectivity index (χ4n) is 0.984. The first-order chi connectivity index (χ1) is 5.70. The predicted octanol–water partition coefficient (Wildman–Crippen LogP) is 0.629. The van der Waals surface area contributed by atoms with Crippen LogP contribution < -0.4 is 5.32 Å². The Labute approximate surface area is 75.1 Å². The molecule has 0 aliphatic heterocycles. The van der Waals surface area contributed by atoms with Gasteiger partial charge in [-0.2, -0.15) is 0 Å². The quantitative estimate of drug-likeness (QED) is 0.596. The smallest absolute Gasteiger partial charge is 0.0662 e. The number of aliphatic hydroxyl groups is 1. The van der Waals surface area contributed by atoms with Crippen molar-refractivity contribution in [1.82, 2.24) is 5.32 Å². The van der Waals surface area contributed by atoms with E-state index in [9.17, 15) is 5.11 Å². The highest BCUT2D eigenvalue weighted by Crippen LogP contribution is 1.93. The van der Waals surface area contributed by atoms with Gasteiger partial charge in [0.15, 0.2) is 0 Å². The average molecular weight is 175 g/mol. The summed E-state index contributed by atoms with van der Waals surface area (Å²) in [5.41, 5.74) is 0. The number of hydrogen-bond acceptors (Lipinski definition) is 3. The molecule has 0 aliphatic carbocycles. The van der Waals surface area contributed by atoms with Gasteiger partial charge < -0.3 is 15.2 Å². The first-order valence-corrected chi connectivity index (χ1v) is 4.58. The fourth-order valence-corrected chi connectivity index (χ4v) is 0.984. The van der Waals surface area contributed by atoms with E-state index in [1.807, 2.05) is 6.92 Å². The largest absolute Gasteiger partial charge is 0.392 e. The summed E-state index contributed by atoms with van der Waals surface area (Å²) < 4.78 is 4.98. The van der Waals surface area contributed by atoms with Crippen LogP contribution in [0, 0.1) is 5.92 Å². The van der Waals surface area contributed by atoms with Crippen LogP contribution in [-0.4, -0.2) is 38.0 Å². The van der Waals surface area contributed by atoms with E-state index < -0.39 is 0 Å². The Balaban J connectivity index is 3.18. The van der Waals surface area contributed by atoms with Crippen molar-refractivity contribution >= 4 is 0 Å². The van der Waals surface area contributed by atoms with Gasteiger partial charge >= 0.3 is 0 Å². The number of nitrogens with one attached hydrogen (secondary N) is 1. The van der Waals surface area contributed by atoms with E-state index in [-0.39, 0.29) is 6.10 Å². The third kappa shape index (κ3) is 6.58. The lowest BCUT2D eigenvalue weighted by molar-refractivity contribution is 0.145. The molecule has 3 nitrogen and oxygen atoms in total. The highest BCUT2D eigenvalue weighted by atomic mass is 16.5. The van der Waals surface area contributed by atoms with Gasteiger partial charge in [0, 0.05) is 20.3 Å². The maximum Gasteiger partial charge on any atom is 0.0662 e. The molecular weight excluding hydrogens is 154 g/mol. The van der Waals surface area contributed by atoms with Crippen LogP contribution in [0.3, 0.4) is 0 Å². The maximum atomic E-state index is 9.21. The van der Waals surface area contributed by atoms with Gasteiger partial charge in [-0.25, -0.2) is 0 Å². The number of methoxy groups -OCH3 is 1. The lowest BCUT2D eigenvalue weighted by Gasteiger charge is -2.13. The molecule has 2 N–H and O–H groups in total. The van der Waals surface area contributed by atoms with Crippen molar-refractivity contribution in [3.63, 3.8) is 0 Å². The molecule has 3 heteroatoms. The van der Waals surface area contributed by atoms with Crippen LogP contribution in [-0.2, 0) is 4.74 Å². The zero-order chi connectivity index (χ0) is 9.40. The first-order valence-electron chi connectivity index (χ1n) is 4.58. The monoisotopic (exact) mass is 175 g/mol. The number of hydrogen-bond donors (Lipinski definition) is 2. The van der Waals surface area contributed by atoms with Crippen molar-refractivity contribution in [2.75, 3.05) is 26.8 Å². The lowest BCUT2D eigenvalue weighted by Crippen LogP contribution is -2.31. The molecule has 0 fully saturated rings. The van der Waals surface area contributed by atoms with Gasteiger partial charge in [0.25, 0.3) is 0 Å². The standard InChI is InChI=1S/C9H21NO2/c1-4-9(11)6-10-5-8(2)7-12-3/h8-11H,4-7H2,1-3H3. The molecule has 0 spiro atoms. The van der Waals surface area contributed by atoms with Gasteiger partial charge in [-0.15, -0.1) is 0 Å². The molecule has 0 aromatic rings. The van der Waals surface area contributed by atoms with Crippen LogP contribution >= 0.6 is 0 Å². The molecule has 0 rings (SSSR count). The van der Waals surface area contributed by atoms with E-state index in [0.29, 0.717) is 12.5 Å². The SMILES string of the molecule is CCC(O)CNCC(C)COC. The predicted molar refractivity (Wildman–Crippen MR) is 50.2 cm³/mol. The summed E-state index contributed by atoms with van der Waals surface area (Å²) in [6.07, 6.45) is 0.603. The molecule has 0 saturated carbocycles. The third-order valence-corrected chi connectivity index (χ3v) is 1.80. The lowest BCUT2D eigenvalue weighted by atomic mass is 10.2. The first kappa shape index (κ1) is 11.9. The van der Waals surface area contributed by atoms with Crippen molar-refractivity contribution in [1.29, 1.82) is 0 Å². The van der Waals surface area contributed by atoms with Crippen LogP contribution in [0.2, 0.25) is 0 Å². The summed E-state index contributed by atoms with van der Waals surface area (Å²) in [6, 6.07) is 0. The van der Waals surface area contributed by atoms with Crippen LogP contribution in [0.5, 0.6) is 0 Å². The van der Waals surface area contributed by atoms with Gasteiger partial charge in [-0.1, -0.05) is 13.8 Å². The normalized spacial score (nSPS) is 16.0. The Kier molecular flexibility index (Phi) is 7.45. The Hall–Kier alpha value is -0.120. The second kappa shape index (κ2) is 7.53. The molecule has 12 heavy (non-hydrogen) atoms. The topological polar surface area (TPSA) is 41.5 Å². The summed E-state index contributed by atoms with van der Waals surface area (Å²) in [7, 11) is 1.71. The van der Waals surface area contributed by atoms with E-state index >= 15 is 0 Å². The molecular formula is C9H21NO2. The summed E-state index contributed by atoms with van der Waals surface area (Å²) >= 11 is 0. The Bertz CT molecular complexity index is 98.5. The van der Waals surface area contributed by atoms with E-state index in [0.717, 1.165) is 19.6 Å². The van der Waals surface area contributed by atoms with Crippen LogP contribution in [0.1, 0.15) is 20.3 Å². The highest BCUT2D eigenvalue weighted by Gasteiger charge is 2.02. The van der Waals surface area contributed by atoms with Crippen molar-refractivity contribution in [2.45, 2.75) is 26.4 Å². The molecule has 0 bridgehead atoms. The number of ether oxygens (including phenoxy) is 1. The molecule has 2 atom stereocenters. The molecule has 0 heterocycles. The Morgan fingerprint density at radius 2 is 2.08 bits per heavy atom. The molecule has 0 saturated heterocycles. The van der Waals surface area contributed by atoms with Gasteiger partial charge in [-0.3, -0.25) is 0 Å². The van der Waals surface area contributed by atoms with E-state index in [1.165, 1.54) is 0 Å². The number of rotatable bonds is 7. The van der Waals surface area contributed by atoms with Crippen LogP contribution in [0.15, 0.2) is 0 Å². The van der Waals surface area contributed by atoms with Gasteiger partial charge in [-0.05, 0) is 18.9 Å². The van der Waals surface area contributed by atoms with Crippen molar-refractivity contribution in [2.24, 2.45) is 5.92 Å². The molecule has 0 aromatic carbocycles. The van der Waals surface area contributed by atoms with Crippen molar-refractivity contribution < 1.29 is 9.84 Å². The van der Waals surface area contributed by atoms with E-state index in [2.05, 4.69) is 12.2 Å². The summed E-state index contributed by atoms with van der Waals surface area (Å²) in [5, 5.41) is 12.4. The Morgan fingerprint density at radius 3 is 2.58 bits per heavy atom. The van der Waals surface area contributed by atoms with Gasteiger partial charge in [0.2, 0.25) is 0 Å². The summed E-state index contributed by atoms with van der Waals surface area (Å²) in [4.78, 5) is 0. The molecule has 2 unspecified atom stereocenters. The van der Waals surface area contributed by atoms with Crippen molar-refractivity contribution in [3.8, 4) is 0 Å². The zero-order valence-electron chi connectivity index (χ0n) is 8.34. The minimum absolute atomic E-state index is 0.209. The number of aliphatic hydroxyl groups excluding tert-OH is 1. The highest BCUT2D eigenvalue weighted by molar-refractivity contribution is 4.60. The second-order valence-corrected chi connectivity index (χ2v) is 3.28. The minimum Gasteiger partial charge on any atom is -0.392 e. The molecule has 0 amide bonds. The molecule has 0 aliphatic rings. The zero-order valence-corrected chi connectivity index (χ0v) is 8.34. The van der Waals surface area contributed by atoms with Gasteiger partial charge in [0.05, 0.1) is 6.10 Å². The van der Waals surface area contributed by atoms with Crippen molar-refractivity contribution in [3.05, 3.63) is 0 Å².